The number of unbranched alkanes of at least 4 members (excludes halogenated alkanes) is 10. The Hall–Kier alpha value is -1.11. The summed E-state index contributed by atoms with van der Waals surface area (Å²) in [4.78, 5) is 23.8. The van der Waals surface area contributed by atoms with Crippen molar-refractivity contribution in [1.82, 2.24) is 5.32 Å². The predicted molar refractivity (Wildman–Crippen MR) is 159 cm³/mol. The smallest absolute Gasteiger partial charge is 0.267 e. The number of hydroxylamine groups is 6. The lowest BCUT2D eigenvalue weighted by Gasteiger charge is -2.19. The molecule has 0 aromatic carbocycles. The third kappa shape index (κ3) is 27.1. The normalized spacial score (nSPS) is 13.4. The Balaban J connectivity index is 3.79. The summed E-state index contributed by atoms with van der Waals surface area (Å²) in [6, 6.07) is 0. The van der Waals surface area contributed by atoms with E-state index in [1.807, 2.05) is 0 Å². The lowest BCUT2D eigenvalue weighted by Crippen LogP contribution is -2.38. The second-order valence-corrected chi connectivity index (χ2v) is 14.2. The molecule has 1 atom stereocenters. The molecular weight excluding hydrogens is 534 g/mol. The van der Waals surface area contributed by atoms with E-state index in [1.54, 1.807) is 28.2 Å². The molecule has 0 fully saturated rings. The van der Waals surface area contributed by atoms with E-state index in [-0.39, 0.29) is 15.2 Å². The maximum absolute atomic E-state index is 12.0. The van der Waals surface area contributed by atoms with Gasteiger partial charge in [0.2, 0.25) is 5.91 Å². The topological polar surface area (TPSA) is 141 Å². The molecule has 11 heteroatoms. The Kier molecular flexibility index (Phi) is 21.0. The Morgan fingerprint density at radius 2 is 1.02 bits per heavy atom. The van der Waals surface area contributed by atoms with Gasteiger partial charge in [0.15, 0.2) is 0 Å². The van der Waals surface area contributed by atoms with Gasteiger partial charge in [-0.15, -0.1) is 0 Å². The quantitative estimate of drug-likeness (QED) is 0.0439. The monoisotopic (exact) mass is 595 g/mol. The first-order chi connectivity index (χ1) is 18.6. The van der Waals surface area contributed by atoms with Crippen LogP contribution in [0.5, 0.6) is 0 Å². The molecule has 0 aromatic heterocycles. The first-order valence-corrected chi connectivity index (χ1v) is 17.0. The van der Waals surface area contributed by atoms with Gasteiger partial charge in [-0.05, 0) is 38.5 Å². The molecule has 0 rings (SSSR count). The van der Waals surface area contributed by atoms with Gasteiger partial charge in [-0.3, -0.25) is 14.1 Å². The van der Waals surface area contributed by atoms with Crippen LogP contribution in [0.3, 0.4) is 0 Å². The second-order valence-electron chi connectivity index (χ2n) is 12.5. The number of ketones is 1. The summed E-state index contributed by atoms with van der Waals surface area (Å²) >= 11 is 0. The Morgan fingerprint density at radius 1 is 0.625 bits per heavy atom. The lowest BCUT2D eigenvalue weighted by atomic mass is 10.0. The fourth-order valence-corrected chi connectivity index (χ4v) is 5.69. The van der Waals surface area contributed by atoms with E-state index in [9.17, 15) is 33.0 Å². The number of Topliss-reactive ketones (excluding diaryl/α,β-unsaturated/α-hetero) is 1. The molecule has 0 aliphatic rings. The van der Waals surface area contributed by atoms with Gasteiger partial charge < -0.3 is 5.32 Å². The number of nitrogens with zero attached hydrogens (tertiary/aromatic N) is 2. The van der Waals surface area contributed by atoms with Crippen molar-refractivity contribution in [1.29, 1.82) is 0 Å². The van der Waals surface area contributed by atoms with E-state index in [4.69, 9.17) is 0 Å². The van der Waals surface area contributed by atoms with Crippen LogP contribution in [0.15, 0.2) is 0 Å². The highest BCUT2D eigenvalue weighted by Crippen LogP contribution is 2.19. The number of amides is 1. The minimum atomic E-state index is -4.05. The number of hydrogen-bond acceptors (Lipinski definition) is 6. The van der Waals surface area contributed by atoms with Crippen molar-refractivity contribution in [3.63, 3.8) is 0 Å². The van der Waals surface area contributed by atoms with Crippen molar-refractivity contribution < 1.29 is 42.3 Å². The molecule has 0 heterocycles. The molecule has 0 bridgehead atoms. The number of quaternary nitrogens is 2. The van der Waals surface area contributed by atoms with Gasteiger partial charge in [0.25, 0.3) is 10.1 Å². The number of carbonyl (C=O) groups excluding carboxylic acids is 2. The van der Waals surface area contributed by atoms with Crippen LogP contribution in [0.4, 0.5) is 0 Å². The first kappa shape index (κ1) is 38.9. The maximum Gasteiger partial charge on any atom is 0.267 e. The van der Waals surface area contributed by atoms with Crippen LogP contribution in [-0.4, -0.2) is 97.4 Å². The average molecular weight is 596 g/mol. The lowest BCUT2D eigenvalue weighted by molar-refractivity contribution is -1.07. The van der Waals surface area contributed by atoms with Crippen LogP contribution >= 0.6 is 0 Å². The highest BCUT2D eigenvalue weighted by molar-refractivity contribution is 7.86. The summed E-state index contributed by atoms with van der Waals surface area (Å²) in [5.74, 6) is 0.316. The van der Waals surface area contributed by atoms with Crippen LogP contribution in [0, 0.1) is 0 Å². The Morgan fingerprint density at radius 3 is 1.50 bits per heavy atom. The Bertz CT molecular complexity index is 777. The minimum absolute atomic E-state index is 0.0252. The molecule has 0 aromatic rings. The molecule has 0 radical (unpaired) electrons. The molecule has 1 unspecified atom stereocenters. The largest absolute Gasteiger partial charge is 0.356 e. The van der Waals surface area contributed by atoms with Crippen LogP contribution in [0.25, 0.3) is 0 Å². The third-order valence-electron chi connectivity index (χ3n) is 7.20. The maximum atomic E-state index is 12.0. The van der Waals surface area contributed by atoms with Crippen LogP contribution < -0.4 is 5.32 Å². The fourth-order valence-electron chi connectivity index (χ4n) is 4.76. The first-order valence-electron chi connectivity index (χ1n) is 15.5. The zero-order valence-corrected chi connectivity index (χ0v) is 26.7. The van der Waals surface area contributed by atoms with Crippen molar-refractivity contribution in [2.45, 2.75) is 127 Å². The van der Waals surface area contributed by atoms with Crippen molar-refractivity contribution >= 4 is 21.8 Å². The summed E-state index contributed by atoms with van der Waals surface area (Å²) in [6.45, 7) is 1.80. The standard InChI is InChI=1S/C29H59N3O7S/c1-31(2,35)25-17-16-20-27(33)19-12-8-5-6-9-13-21-28(40(37,38)39)22-14-10-7-11-15-23-29(34)30-24-18-26-32(3,4)36/h28,35-36H,5-26H2,1-4H3/p+2. The molecular formula is C29H61N3O7S+2. The zero-order chi connectivity index (χ0) is 30.5. The molecule has 238 valence electrons. The summed E-state index contributed by atoms with van der Waals surface area (Å²) in [7, 11) is 2.80. The van der Waals surface area contributed by atoms with Crippen LogP contribution in [-0.2, 0) is 19.7 Å². The average Bonchev–Trinajstić information content (AvgIpc) is 2.82. The number of carbonyl (C=O) groups is 2. The van der Waals surface area contributed by atoms with Crippen molar-refractivity contribution in [3.8, 4) is 0 Å². The van der Waals surface area contributed by atoms with E-state index in [0.717, 1.165) is 89.9 Å². The van der Waals surface area contributed by atoms with E-state index < -0.39 is 15.4 Å². The molecule has 10 nitrogen and oxygen atoms in total. The zero-order valence-electron chi connectivity index (χ0n) is 25.9. The van der Waals surface area contributed by atoms with Crippen LogP contribution in [0.1, 0.15) is 122 Å². The van der Waals surface area contributed by atoms with Crippen molar-refractivity contribution in [3.05, 3.63) is 0 Å². The van der Waals surface area contributed by atoms with Gasteiger partial charge >= 0.3 is 0 Å². The van der Waals surface area contributed by atoms with Crippen molar-refractivity contribution in [2.75, 3.05) is 47.8 Å². The molecule has 4 N–H and O–H groups in total. The van der Waals surface area contributed by atoms with E-state index in [0.29, 0.717) is 57.5 Å². The van der Waals surface area contributed by atoms with Gasteiger partial charge in [0, 0.05) is 32.2 Å². The number of rotatable bonds is 27. The summed E-state index contributed by atoms with van der Waals surface area (Å²) < 4.78 is 33.1. The summed E-state index contributed by atoms with van der Waals surface area (Å²) in [5, 5.41) is 21.4. The molecule has 0 aliphatic heterocycles. The van der Waals surface area contributed by atoms with Gasteiger partial charge in [0.05, 0.1) is 33.4 Å². The fraction of sp³-hybridized carbons (Fsp3) is 0.931. The predicted octanol–water partition coefficient (Wildman–Crippen LogP) is 5.27. The van der Waals surface area contributed by atoms with Gasteiger partial charge in [0.1, 0.15) is 18.9 Å². The Labute approximate surface area is 244 Å². The van der Waals surface area contributed by atoms with Crippen LogP contribution in [0.2, 0.25) is 0 Å². The van der Waals surface area contributed by atoms with E-state index >= 15 is 0 Å². The summed E-state index contributed by atoms with van der Waals surface area (Å²) in [5.41, 5.74) is 0. The summed E-state index contributed by atoms with van der Waals surface area (Å²) in [6.07, 6.45) is 14.9. The molecule has 1 amide bonds. The molecule has 40 heavy (non-hydrogen) atoms. The SMILES string of the molecule is C[N+](C)(O)CCCCC(=O)CCCCCCCCC(CCCCCCCC(=O)NCCC[N+](C)(C)O)S(=O)(=O)O. The molecule has 0 saturated carbocycles. The number of hydrogen-bond donors (Lipinski definition) is 4. The second kappa shape index (κ2) is 21.6. The minimum Gasteiger partial charge on any atom is -0.356 e. The molecule has 0 saturated heterocycles. The third-order valence-corrected chi connectivity index (χ3v) is 8.51. The highest BCUT2D eigenvalue weighted by atomic mass is 32.2. The molecule has 0 spiro atoms. The van der Waals surface area contributed by atoms with Gasteiger partial charge in [-0.25, -0.2) is 10.4 Å². The molecule has 0 aliphatic carbocycles. The number of nitrogens with one attached hydrogen (secondary N) is 1. The van der Waals surface area contributed by atoms with E-state index in [1.165, 1.54) is 0 Å². The van der Waals surface area contributed by atoms with Crippen molar-refractivity contribution in [2.24, 2.45) is 0 Å². The van der Waals surface area contributed by atoms with E-state index in [2.05, 4.69) is 5.32 Å². The van der Waals surface area contributed by atoms with Gasteiger partial charge in [-0.1, -0.05) is 57.8 Å². The highest BCUT2D eigenvalue weighted by Gasteiger charge is 2.21. The van der Waals surface area contributed by atoms with Gasteiger partial charge in [-0.2, -0.15) is 17.7 Å².